The van der Waals surface area contributed by atoms with E-state index in [0.717, 1.165) is 0 Å². The molecule has 0 aliphatic rings. The van der Waals surface area contributed by atoms with Crippen LogP contribution >= 0.6 is 23.2 Å². The first kappa shape index (κ1) is 15.4. The second kappa shape index (κ2) is 6.61. The van der Waals surface area contributed by atoms with Crippen LogP contribution in [0, 0.1) is 0 Å². The van der Waals surface area contributed by atoms with Crippen molar-refractivity contribution in [1.29, 1.82) is 0 Å². The van der Waals surface area contributed by atoms with Gasteiger partial charge in [-0.15, -0.1) is 0 Å². The summed E-state index contributed by atoms with van der Waals surface area (Å²) in [6.45, 7) is 0. The Bertz CT molecular complexity index is 681. The highest BCUT2D eigenvalue weighted by Crippen LogP contribution is 2.21. The van der Waals surface area contributed by atoms with Crippen molar-refractivity contribution in [3.8, 4) is 0 Å². The van der Waals surface area contributed by atoms with E-state index < -0.39 is 11.9 Å². The Morgan fingerprint density at radius 3 is 2.29 bits per heavy atom. The molecule has 0 spiro atoms. The van der Waals surface area contributed by atoms with E-state index in [2.05, 4.69) is 5.32 Å². The Balaban J connectivity index is 2.25. The van der Waals surface area contributed by atoms with Crippen LogP contribution in [0.2, 0.25) is 10.0 Å². The van der Waals surface area contributed by atoms with Gasteiger partial charge in [0.2, 0.25) is 0 Å². The van der Waals surface area contributed by atoms with Gasteiger partial charge in [-0.25, -0.2) is 0 Å². The first-order chi connectivity index (χ1) is 9.95. The molecule has 0 unspecified atom stereocenters. The fraction of sp³-hybridized carbons (Fsp3) is 0.0667. The summed E-state index contributed by atoms with van der Waals surface area (Å²) < 4.78 is 0. The SMILES string of the molecule is O=C(O)Cc1ccccc1NC(=O)c1cc(Cl)cc(Cl)c1. The van der Waals surface area contributed by atoms with Gasteiger partial charge in [-0.05, 0) is 29.8 Å². The number of carbonyl (C=O) groups excluding carboxylic acids is 1. The summed E-state index contributed by atoms with van der Waals surface area (Å²) in [5, 5.41) is 12.2. The molecule has 6 heteroatoms. The summed E-state index contributed by atoms with van der Waals surface area (Å²) in [7, 11) is 0. The molecular weight excluding hydrogens is 313 g/mol. The molecule has 1 amide bonds. The largest absolute Gasteiger partial charge is 0.481 e. The fourth-order valence-electron chi connectivity index (χ4n) is 1.84. The zero-order valence-electron chi connectivity index (χ0n) is 10.8. The molecule has 2 aromatic carbocycles. The maximum absolute atomic E-state index is 12.2. The van der Waals surface area contributed by atoms with Gasteiger partial charge in [-0.1, -0.05) is 41.4 Å². The van der Waals surface area contributed by atoms with Crippen molar-refractivity contribution >= 4 is 40.8 Å². The first-order valence-electron chi connectivity index (χ1n) is 6.03. The topological polar surface area (TPSA) is 66.4 Å². The highest BCUT2D eigenvalue weighted by Gasteiger charge is 2.12. The second-order valence-electron chi connectivity index (χ2n) is 4.34. The molecule has 4 nitrogen and oxygen atoms in total. The van der Waals surface area contributed by atoms with Crippen LogP contribution in [0.3, 0.4) is 0 Å². The van der Waals surface area contributed by atoms with Gasteiger partial charge >= 0.3 is 5.97 Å². The van der Waals surface area contributed by atoms with Gasteiger partial charge in [-0.2, -0.15) is 0 Å². The van der Waals surface area contributed by atoms with Gasteiger partial charge in [0, 0.05) is 21.3 Å². The van der Waals surface area contributed by atoms with Gasteiger partial charge in [0.15, 0.2) is 0 Å². The molecule has 2 aromatic rings. The Hall–Kier alpha value is -2.04. The van der Waals surface area contributed by atoms with Crippen molar-refractivity contribution < 1.29 is 14.7 Å². The molecule has 0 aliphatic carbocycles. The summed E-state index contributed by atoms with van der Waals surface area (Å²) in [6, 6.07) is 11.2. The monoisotopic (exact) mass is 323 g/mol. The van der Waals surface area contributed by atoms with Crippen LogP contribution in [0.5, 0.6) is 0 Å². The van der Waals surface area contributed by atoms with Crippen molar-refractivity contribution in [1.82, 2.24) is 0 Å². The number of anilines is 1. The quantitative estimate of drug-likeness (QED) is 0.897. The van der Waals surface area contributed by atoms with Crippen molar-refractivity contribution in [2.75, 3.05) is 5.32 Å². The summed E-state index contributed by atoms with van der Waals surface area (Å²) in [6.07, 6.45) is -0.174. The highest BCUT2D eigenvalue weighted by atomic mass is 35.5. The minimum atomic E-state index is -0.970. The van der Waals surface area contributed by atoms with Crippen LogP contribution < -0.4 is 5.32 Å². The molecule has 0 atom stereocenters. The molecule has 2 rings (SSSR count). The van der Waals surface area contributed by atoms with E-state index in [0.29, 0.717) is 26.9 Å². The molecule has 108 valence electrons. The lowest BCUT2D eigenvalue weighted by molar-refractivity contribution is -0.136. The second-order valence-corrected chi connectivity index (χ2v) is 5.21. The van der Waals surface area contributed by atoms with E-state index in [1.165, 1.54) is 18.2 Å². The maximum Gasteiger partial charge on any atom is 0.307 e. The molecule has 0 aliphatic heterocycles. The van der Waals surface area contributed by atoms with E-state index in [1.807, 2.05) is 0 Å². The number of amides is 1. The highest BCUT2D eigenvalue weighted by molar-refractivity contribution is 6.35. The van der Waals surface area contributed by atoms with Crippen LogP contribution in [0.1, 0.15) is 15.9 Å². The molecule has 2 N–H and O–H groups in total. The number of hydrogen-bond donors (Lipinski definition) is 2. The van der Waals surface area contributed by atoms with E-state index >= 15 is 0 Å². The standard InChI is InChI=1S/C15H11Cl2NO3/c16-11-5-10(6-12(17)8-11)15(21)18-13-4-2-1-3-9(13)7-14(19)20/h1-6,8H,7H2,(H,18,21)(H,19,20). The molecule has 0 radical (unpaired) electrons. The van der Waals surface area contributed by atoms with E-state index in [4.69, 9.17) is 28.3 Å². The number of rotatable bonds is 4. The minimum Gasteiger partial charge on any atom is -0.481 e. The minimum absolute atomic E-state index is 0.174. The Morgan fingerprint density at radius 2 is 1.67 bits per heavy atom. The van der Waals surface area contributed by atoms with Crippen LogP contribution in [0.4, 0.5) is 5.69 Å². The van der Waals surface area contributed by atoms with Crippen LogP contribution in [0.15, 0.2) is 42.5 Å². The fourth-order valence-corrected chi connectivity index (χ4v) is 2.36. The predicted molar refractivity (Wildman–Crippen MR) is 82.2 cm³/mol. The van der Waals surface area contributed by atoms with Gasteiger partial charge in [0.25, 0.3) is 5.91 Å². The molecular formula is C15H11Cl2NO3. The lowest BCUT2D eigenvalue weighted by Crippen LogP contribution is -2.14. The summed E-state index contributed by atoms with van der Waals surface area (Å²) in [4.78, 5) is 23.0. The molecule has 21 heavy (non-hydrogen) atoms. The van der Waals surface area contributed by atoms with Gasteiger partial charge < -0.3 is 10.4 Å². The van der Waals surface area contributed by atoms with E-state index in [9.17, 15) is 9.59 Å². The molecule has 0 heterocycles. The Kier molecular flexibility index (Phi) is 4.83. The molecule has 0 aromatic heterocycles. The van der Waals surface area contributed by atoms with E-state index in [1.54, 1.807) is 24.3 Å². The lowest BCUT2D eigenvalue weighted by Gasteiger charge is -2.10. The normalized spacial score (nSPS) is 10.2. The molecule has 0 bridgehead atoms. The Labute approximate surface area is 131 Å². The van der Waals surface area contributed by atoms with Gasteiger partial charge in [-0.3, -0.25) is 9.59 Å². The third-order valence-corrected chi connectivity index (χ3v) is 3.17. The first-order valence-corrected chi connectivity index (χ1v) is 6.78. The number of benzene rings is 2. The Morgan fingerprint density at radius 1 is 1.05 bits per heavy atom. The van der Waals surface area contributed by atoms with E-state index in [-0.39, 0.29) is 6.42 Å². The maximum atomic E-state index is 12.2. The number of halogens is 2. The van der Waals surface area contributed by atoms with Crippen molar-refractivity contribution in [2.45, 2.75) is 6.42 Å². The van der Waals surface area contributed by atoms with Crippen molar-refractivity contribution in [3.05, 3.63) is 63.6 Å². The number of hydrogen-bond acceptors (Lipinski definition) is 2. The van der Waals surface area contributed by atoms with Crippen molar-refractivity contribution in [2.24, 2.45) is 0 Å². The molecule has 0 saturated heterocycles. The predicted octanol–water partition coefficient (Wildman–Crippen LogP) is 3.87. The zero-order valence-corrected chi connectivity index (χ0v) is 12.3. The molecule has 0 saturated carbocycles. The number of nitrogens with one attached hydrogen (secondary N) is 1. The zero-order chi connectivity index (χ0) is 15.4. The van der Waals surface area contributed by atoms with Crippen molar-refractivity contribution in [3.63, 3.8) is 0 Å². The van der Waals surface area contributed by atoms with Crippen LogP contribution in [0.25, 0.3) is 0 Å². The number of para-hydroxylation sites is 1. The lowest BCUT2D eigenvalue weighted by atomic mass is 10.1. The van der Waals surface area contributed by atoms with Crippen LogP contribution in [-0.2, 0) is 11.2 Å². The number of aliphatic carboxylic acids is 1. The smallest absolute Gasteiger partial charge is 0.307 e. The third kappa shape index (κ3) is 4.21. The summed E-state index contributed by atoms with van der Waals surface area (Å²) >= 11 is 11.7. The van der Waals surface area contributed by atoms with Crippen LogP contribution in [-0.4, -0.2) is 17.0 Å². The molecule has 0 fully saturated rings. The summed E-state index contributed by atoms with van der Waals surface area (Å²) in [5.74, 6) is -1.38. The number of carboxylic acid groups (broad SMARTS) is 1. The van der Waals surface area contributed by atoms with Gasteiger partial charge in [0.05, 0.1) is 6.42 Å². The number of carboxylic acids is 1. The average Bonchev–Trinajstić information content (AvgIpc) is 2.39. The third-order valence-electron chi connectivity index (χ3n) is 2.73. The van der Waals surface area contributed by atoms with Gasteiger partial charge in [0.1, 0.15) is 0 Å². The number of carbonyl (C=O) groups is 2. The summed E-state index contributed by atoms with van der Waals surface area (Å²) in [5.41, 5.74) is 1.27. The average molecular weight is 324 g/mol.